The van der Waals surface area contributed by atoms with Crippen LogP contribution in [-0.4, -0.2) is 15.8 Å². The van der Waals surface area contributed by atoms with E-state index in [1.165, 1.54) is 0 Å². The average molecular weight is 446 g/mol. The summed E-state index contributed by atoms with van der Waals surface area (Å²) in [4.78, 5) is 10.7. The van der Waals surface area contributed by atoms with Crippen LogP contribution in [0, 0.1) is 0 Å². The molecule has 2 N–H and O–H groups in total. The van der Waals surface area contributed by atoms with Crippen LogP contribution in [0.1, 0.15) is 29.2 Å². The van der Waals surface area contributed by atoms with Gasteiger partial charge in [0.15, 0.2) is 5.85 Å². The SMILES string of the molecule is O=P(O)(OC(Cc1ccccc1)c1ccccc1)C(O)CCc1cccc2ccccc12. The van der Waals surface area contributed by atoms with Gasteiger partial charge in [0.05, 0.1) is 6.10 Å². The van der Waals surface area contributed by atoms with Crippen LogP contribution < -0.4 is 0 Å². The van der Waals surface area contributed by atoms with E-state index in [4.69, 9.17) is 4.52 Å². The molecule has 3 atom stereocenters. The highest BCUT2D eigenvalue weighted by atomic mass is 31.2. The highest BCUT2D eigenvalue weighted by molar-refractivity contribution is 7.53. The third kappa shape index (κ3) is 5.53. The first-order valence-corrected chi connectivity index (χ1v) is 12.4. The van der Waals surface area contributed by atoms with Gasteiger partial charge in [0, 0.05) is 6.42 Å². The summed E-state index contributed by atoms with van der Waals surface area (Å²) in [5.74, 6) is -1.47. The Morgan fingerprint density at radius 3 is 2.16 bits per heavy atom. The monoisotopic (exact) mass is 446 g/mol. The average Bonchev–Trinajstić information content (AvgIpc) is 2.83. The van der Waals surface area contributed by atoms with Crippen LogP contribution in [0.5, 0.6) is 0 Å². The number of fused-ring (bicyclic) bond motifs is 1. The van der Waals surface area contributed by atoms with Crippen molar-refractivity contribution in [1.82, 2.24) is 0 Å². The predicted molar refractivity (Wildman–Crippen MR) is 129 cm³/mol. The summed E-state index contributed by atoms with van der Waals surface area (Å²) in [6.45, 7) is 0. The lowest BCUT2D eigenvalue weighted by Gasteiger charge is -2.25. The van der Waals surface area contributed by atoms with Crippen molar-refractivity contribution < 1.29 is 19.1 Å². The van der Waals surface area contributed by atoms with Gasteiger partial charge in [0.1, 0.15) is 0 Å². The van der Waals surface area contributed by atoms with Gasteiger partial charge < -0.3 is 10.00 Å². The van der Waals surface area contributed by atoms with E-state index in [-0.39, 0.29) is 6.42 Å². The fraction of sp³-hybridized carbons (Fsp3) is 0.185. The molecule has 3 unspecified atom stereocenters. The van der Waals surface area contributed by atoms with Gasteiger partial charge in [-0.05, 0) is 40.3 Å². The Labute approximate surface area is 188 Å². The van der Waals surface area contributed by atoms with Gasteiger partial charge in [-0.25, -0.2) is 0 Å². The van der Waals surface area contributed by atoms with E-state index in [0.717, 1.165) is 27.5 Å². The summed E-state index contributed by atoms with van der Waals surface area (Å²) in [7, 11) is -4.28. The van der Waals surface area contributed by atoms with E-state index in [2.05, 4.69) is 0 Å². The molecule has 4 nitrogen and oxygen atoms in total. The van der Waals surface area contributed by atoms with Crippen molar-refractivity contribution in [1.29, 1.82) is 0 Å². The molecule has 0 aliphatic carbocycles. The van der Waals surface area contributed by atoms with E-state index in [1.54, 1.807) is 0 Å². The molecule has 0 radical (unpaired) electrons. The Morgan fingerprint density at radius 2 is 1.41 bits per heavy atom. The molecule has 0 aromatic heterocycles. The molecule has 0 aliphatic rings. The van der Waals surface area contributed by atoms with Gasteiger partial charge in [0.2, 0.25) is 0 Å². The number of hydrogen-bond acceptors (Lipinski definition) is 3. The second kappa shape index (κ2) is 10.2. The Balaban J connectivity index is 1.49. The number of hydrogen-bond donors (Lipinski definition) is 2. The summed E-state index contributed by atoms with van der Waals surface area (Å²) >= 11 is 0. The zero-order valence-electron chi connectivity index (χ0n) is 17.7. The minimum Gasteiger partial charge on any atom is -0.380 e. The first-order valence-electron chi connectivity index (χ1n) is 10.8. The maximum atomic E-state index is 13.1. The summed E-state index contributed by atoms with van der Waals surface area (Å²) in [6, 6.07) is 33.0. The first-order chi connectivity index (χ1) is 15.5. The Hall–Kier alpha value is -2.75. The molecule has 0 amide bonds. The maximum Gasteiger partial charge on any atom is 0.356 e. The van der Waals surface area contributed by atoms with Crippen LogP contribution in [0.3, 0.4) is 0 Å². The zero-order valence-corrected chi connectivity index (χ0v) is 18.6. The van der Waals surface area contributed by atoms with Gasteiger partial charge in [-0.3, -0.25) is 9.09 Å². The molecule has 5 heteroatoms. The molecule has 0 aliphatic heterocycles. The van der Waals surface area contributed by atoms with Crippen LogP contribution in [0.2, 0.25) is 0 Å². The molecule has 0 heterocycles. The smallest absolute Gasteiger partial charge is 0.356 e. The molecule has 0 spiro atoms. The molecular formula is C27H27O4P. The van der Waals surface area contributed by atoms with Crippen LogP contribution in [0.4, 0.5) is 0 Å². The van der Waals surface area contributed by atoms with Gasteiger partial charge in [-0.2, -0.15) is 0 Å². The minimum absolute atomic E-state index is 0.134. The molecule has 4 rings (SSSR count). The summed E-state index contributed by atoms with van der Waals surface area (Å²) in [6.07, 6.45) is 0.409. The number of aliphatic hydroxyl groups is 1. The van der Waals surface area contributed by atoms with Crippen LogP contribution in [0.25, 0.3) is 10.8 Å². The van der Waals surface area contributed by atoms with E-state index < -0.39 is 19.5 Å². The van der Waals surface area contributed by atoms with Gasteiger partial charge >= 0.3 is 7.60 Å². The lowest BCUT2D eigenvalue weighted by atomic mass is 10.0. The minimum atomic E-state index is -4.28. The predicted octanol–water partition coefficient (Wildman–Crippen LogP) is 6.28. The third-order valence-corrected chi connectivity index (χ3v) is 7.21. The van der Waals surface area contributed by atoms with Crippen LogP contribution >= 0.6 is 7.60 Å². The van der Waals surface area contributed by atoms with Crippen LogP contribution in [0.15, 0.2) is 103 Å². The largest absolute Gasteiger partial charge is 0.380 e. The second-order valence-electron chi connectivity index (χ2n) is 7.92. The Morgan fingerprint density at radius 1 is 0.781 bits per heavy atom. The third-order valence-electron chi connectivity index (χ3n) is 5.64. The summed E-state index contributed by atoms with van der Waals surface area (Å²) in [5, 5.41) is 12.8. The zero-order chi connectivity index (χ0) is 22.4. The molecule has 4 aromatic rings. The van der Waals surface area contributed by atoms with E-state index in [9.17, 15) is 14.6 Å². The van der Waals surface area contributed by atoms with Gasteiger partial charge in [0.25, 0.3) is 0 Å². The number of aliphatic hydroxyl groups excluding tert-OH is 1. The van der Waals surface area contributed by atoms with Crippen molar-refractivity contribution in [2.75, 3.05) is 0 Å². The Kier molecular flexibility index (Phi) is 7.19. The fourth-order valence-electron chi connectivity index (χ4n) is 3.92. The molecule has 0 bridgehead atoms. The van der Waals surface area contributed by atoms with Crippen molar-refractivity contribution in [2.45, 2.75) is 31.2 Å². The topological polar surface area (TPSA) is 66.8 Å². The molecule has 0 saturated carbocycles. The summed E-state index contributed by atoms with van der Waals surface area (Å²) in [5.41, 5.74) is 2.82. The second-order valence-corrected chi connectivity index (χ2v) is 9.85. The molecule has 32 heavy (non-hydrogen) atoms. The van der Waals surface area contributed by atoms with E-state index >= 15 is 0 Å². The van der Waals surface area contributed by atoms with Gasteiger partial charge in [-0.15, -0.1) is 0 Å². The molecule has 0 fully saturated rings. The van der Waals surface area contributed by atoms with E-state index in [1.807, 2.05) is 103 Å². The highest BCUT2D eigenvalue weighted by Crippen LogP contribution is 2.52. The fourth-order valence-corrected chi connectivity index (χ4v) is 5.08. The molecule has 164 valence electrons. The van der Waals surface area contributed by atoms with E-state index in [0.29, 0.717) is 12.8 Å². The lowest BCUT2D eigenvalue weighted by molar-refractivity contribution is 0.126. The molecule has 4 aromatic carbocycles. The quantitative estimate of drug-likeness (QED) is 0.297. The standard InChI is InChI=1S/C27H27O4P/c28-27(19-18-23-16-9-15-22-12-7-8-17-25(22)23)32(29,30)31-26(24-13-5-2-6-14-24)20-21-10-3-1-4-11-21/h1-17,26-28H,18-20H2,(H,29,30). The van der Waals surface area contributed by atoms with Crippen LogP contribution in [-0.2, 0) is 21.9 Å². The number of aryl methyl sites for hydroxylation is 1. The highest BCUT2D eigenvalue weighted by Gasteiger charge is 2.34. The maximum absolute atomic E-state index is 13.1. The summed E-state index contributed by atoms with van der Waals surface area (Å²) < 4.78 is 18.8. The number of benzene rings is 4. The van der Waals surface area contributed by atoms with Crippen molar-refractivity contribution in [3.8, 4) is 0 Å². The normalized spacial score (nSPS) is 15.2. The van der Waals surface area contributed by atoms with Crippen molar-refractivity contribution in [3.63, 3.8) is 0 Å². The van der Waals surface area contributed by atoms with Crippen molar-refractivity contribution in [2.24, 2.45) is 0 Å². The van der Waals surface area contributed by atoms with Crippen molar-refractivity contribution in [3.05, 3.63) is 120 Å². The molecule has 0 saturated heterocycles. The number of rotatable bonds is 9. The lowest BCUT2D eigenvalue weighted by Crippen LogP contribution is -2.15. The Bertz CT molecular complexity index is 1190. The molecular weight excluding hydrogens is 419 g/mol. The first kappa shape index (κ1) is 22.4. The van der Waals surface area contributed by atoms with Crippen molar-refractivity contribution >= 4 is 18.4 Å². The van der Waals surface area contributed by atoms with Gasteiger partial charge in [-0.1, -0.05) is 103 Å².